The van der Waals surface area contributed by atoms with E-state index in [0.29, 0.717) is 27.6 Å². The molecule has 0 aliphatic rings. The summed E-state index contributed by atoms with van der Waals surface area (Å²) in [7, 11) is 0. The molecule has 1 N–H and O–H groups in total. The largest absolute Gasteiger partial charge is 0.416 e. The van der Waals surface area contributed by atoms with Crippen LogP contribution in [0.1, 0.15) is 16.8 Å². The van der Waals surface area contributed by atoms with Crippen LogP contribution >= 0.6 is 11.6 Å². The Labute approximate surface area is 208 Å². The Morgan fingerprint density at radius 1 is 1.03 bits per heavy atom. The molecule has 7 nitrogen and oxygen atoms in total. The second-order valence-corrected chi connectivity index (χ2v) is 8.56. The van der Waals surface area contributed by atoms with E-state index in [9.17, 15) is 18.0 Å². The number of hydrogen-bond acceptors (Lipinski definition) is 4. The Bertz CT molecular complexity index is 1590. The average molecular weight is 511 g/mol. The Balaban J connectivity index is 1.38. The molecule has 5 rings (SSSR count). The number of carbonyl (C=O) groups is 1. The Morgan fingerprint density at radius 3 is 2.58 bits per heavy atom. The molecule has 5 aromatic rings. The first-order chi connectivity index (χ1) is 17.2. The second kappa shape index (κ2) is 9.12. The standard InChI is InChI=1S/C25H18ClF3N6O/c1-15-12-34(13-31-15)20-9-17(25(27,28)29)8-18(10-20)33-23(36)7-16-4-5-19(11-21(16)26)35-14-32-22-3-2-6-30-24(22)35/h2-6,8-14H,7H2,1H3,(H,33,36). The molecule has 0 spiro atoms. The number of aryl methyl sites for hydroxylation is 1. The first-order valence-electron chi connectivity index (χ1n) is 10.8. The predicted molar refractivity (Wildman–Crippen MR) is 130 cm³/mol. The molecule has 0 saturated carbocycles. The van der Waals surface area contributed by atoms with Crippen LogP contribution in [-0.2, 0) is 17.4 Å². The number of hydrogen-bond donors (Lipinski definition) is 1. The van der Waals surface area contributed by atoms with Crippen molar-refractivity contribution >= 4 is 34.4 Å². The highest BCUT2D eigenvalue weighted by Crippen LogP contribution is 2.33. The van der Waals surface area contributed by atoms with Gasteiger partial charge in [-0.25, -0.2) is 15.0 Å². The minimum atomic E-state index is -4.59. The fourth-order valence-corrected chi connectivity index (χ4v) is 4.05. The minimum Gasteiger partial charge on any atom is -0.326 e. The van der Waals surface area contributed by atoms with Crippen LogP contribution in [0, 0.1) is 6.92 Å². The lowest BCUT2D eigenvalue weighted by Crippen LogP contribution is -2.16. The molecule has 0 unspecified atom stereocenters. The molecular formula is C25H18ClF3N6O. The fraction of sp³-hybridized carbons (Fsp3) is 0.120. The van der Waals surface area contributed by atoms with E-state index >= 15 is 0 Å². The summed E-state index contributed by atoms with van der Waals surface area (Å²) >= 11 is 6.44. The van der Waals surface area contributed by atoms with E-state index in [1.807, 2.05) is 6.07 Å². The maximum atomic E-state index is 13.5. The molecule has 11 heteroatoms. The first kappa shape index (κ1) is 23.6. The molecule has 0 atom stereocenters. The van der Waals surface area contributed by atoms with Crippen LogP contribution in [0.5, 0.6) is 0 Å². The van der Waals surface area contributed by atoms with Crippen LogP contribution in [-0.4, -0.2) is 30.0 Å². The van der Waals surface area contributed by atoms with Gasteiger partial charge in [0.15, 0.2) is 5.65 Å². The number of imidazole rings is 2. The summed E-state index contributed by atoms with van der Waals surface area (Å²) in [5.74, 6) is -0.508. The van der Waals surface area contributed by atoms with E-state index in [1.54, 1.807) is 54.5 Å². The first-order valence-corrected chi connectivity index (χ1v) is 11.2. The molecule has 0 fully saturated rings. The number of amides is 1. The summed E-state index contributed by atoms with van der Waals surface area (Å²) in [5, 5.41) is 2.89. The van der Waals surface area contributed by atoms with Crippen LogP contribution in [0.4, 0.5) is 18.9 Å². The molecule has 3 heterocycles. The molecule has 2 aromatic carbocycles. The predicted octanol–water partition coefficient (Wildman–Crippen LogP) is 5.77. The number of fused-ring (bicyclic) bond motifs is 1. The number of halogens is 4. The number of anilines is 1. The van der Waals surface area contributed by atoms with Gasteiger partial charge in [0.05, 0.1) is 29.7 Å². The number of nitrogens with one attached hydrogen (secondary N) is 1. The van der Waals surface area contributed by atoms with Gasteiger partial charge in [-0.2, -0.15) is 13.2 Å². The lowest BCUT2D eigenvalue weighted by atomic mass is 10.1. The van der Waals surface area contributed by atoms with Crippen molar-refractivity contribution in [3.63, 3.8) is 0 Å². The zero-order valence-corrected chi connectivity index (χ0v) is 19.5. The number of aromatic nitrogens is 5. The van der Waals surface area contributed by atoms with Gasteiger partial charge in [-0.15, -0.1) is 0 Å². The number of nitrogens with zero attached hydrogens (tertiary/aromatic N) is 5. The highest BCUT2D eigenvalue weighted by atomic mass is 35.5. The SMILES string of the molecule is Cc1cn(-c2cc(NC(=O)Cc3ccc(-n4cnc5cccnc54)cc3Cl)cc(C(F)(F)F)c2)cn1. The summed E-state index contributed by atoms with van der Waals surface area (Å²) in [4.78, 5) is 25.4. The molecule has 182 valence electrons. The van der Waals surface area contributed by atoms with Crippen LogP contribution in [0.25, 0.3) is 22.5 Å². The van der Waals surface area contributed by atoms with Gasteiger partial charge >= 0.3 is 6.18 Å². The van der Waals surface area contributed by atoms with E-state index in [4.69, 9.17) is 11.6 Å². The number of benzene rings is 2. The van der Waals surface area contributed by atoms with Crippen molar-refractivity contribution in [3.05, 3.63) is 95.4 Å². The highest BCUT2D eigenvalue weighted by Gasteiger charge is 2.31. The third kappa shape index (κ3) is 4.80. The fourth-order valence-electron chi connectivity index (χ4n) is 3.80. The van der Waals surface area contributed by atoms with Crippen molar-refractivity contribution in [2.24, 2.45) is 0 Å². The third-order valence-electron chi connectivity index (χ3n) is 5.51. The van der Waals surface area contributed by atoms with Crippen molar-refractivity contribution in [2.75, 3.05) is 5.32 Å². The van der Waals surface area contributed by atoms with Gasteiger partial charge in [0.25, 0.3) is 0 Å². The minimum absolute atomic E-state index is 0.0138. The van der Waals surface area contributed by atoms with E-state index < -0.39 is 17.6 Å². The van der Waals surface area contributed by atoms with Crippen molar-refractivity contribution in [3.8, 4) is 11.4 Å². The van der Waals surface area contributed by atoms with Crippen LogP contribution in [0.2, 0.25) is 5.02 Å². The lowest BCUT2D eigenvalue weighted by molar-refractivity contribution is -0.137. The second-order valence-electron chi connectivity index (χ2n) is 8.15. The quantitative estimate of drug-likeness (QED) is 0.326. The molecule has 0 aliphatic carbocycles. The van der Waals surface area contributed by atoms with Gasteiger partial charge in [0.2, 0.25) is 5.91 Å². The summed E-state index contributed by atoms with van der Waals surface area (Å²) < 4.78 is 43.7. The molecule has 0 aliphatic heterocycles. The molecule has 1 amide bonds. The lowest BCUT2D eigenvalue weighted by Gasteiger charge is -2.14. The maximum absolute atomic E-state index is 13.5. The zero-order chi connectivity index (χ0) is 25.4. The number of alkyl halides is 3. The van der Waals surface area contributed by atoms with Gasteiger partial charge in [0.1, 0.15) is 11.8 Å². The molecule has 0 bridgehead atoms. The Kier molecular flexibility index (Phi) is 5.97. The molecule has 0 radical (unpaired) electrons. The Morgan fingerprint density at radius 2 is 1.86 bits per heavy atom. The van der Waals surface area contributed by atoms with E-state index in [-0.39, 0.29) is 17.8 Å². The summed E-state index contributed by atoms with van der Waals surface area (Å²) in [5.41, 5.74) is 2.62. The summed E-state index contributed by atoms with van der Waals surface area (Å²) in [6.45, 7) is 1.73. The topological polar surface area (TPSA) is 77.6 Å². The van der Waals surface area contributed by atoms with Crippen LogP contribution < -0.4 is 5.32 Å². The monoisotopic (exact) mass is 510 g/mol. The average Bonchev–Trinajstić information content (AvgIpc) is 3.46. The summed E-state index contributed by atoms with van der Waals surface area (Å²) in [6.07, 6.45) is 1.59. The third-order valence-corrected chi connectivity index (χ3v) is 5.86. The van der Waals surface area contributed by atoms with Gasteiger partial charge in [-0.05, 0) is 55.0 Å². The van der Waals surface area contributed by atoms with E-state index in [1.165, 1.54) is 17.0 Å². The van der Waals surface area contributed by atoms with Gasteiger partial charge in [0, 0.05) is 28.8 Å². The molecular weight excluding hydrogens is 493 g/mol. The van der Waals surface area contributed by atoms with Crippen LogP contribution in [0.15, 0.2) is 73.6 Å². The van der Waals surface area contributed by atoms with Crippen molar-refractivity contribution < 1.29 is 18.0 Å². The number of carbonyl (C=O) groups excluding carboxylic acids is 1. The van der Waals surface area contributed by atoms with Gasteiger partial charge in [-0.1, -0.05) is 17.7 Å². The highest BCUT2D eigenvalue weighted by molar-refractivity contribution is 6.31. The van der Waals surface area contributed by atoms with Crippen LogP contribution in [0.3, 0.4) is 0 Å². The number of rotatable bonds is 5. The zero-order valence-electron chi connectivity index (χ0n) is 18.8. The van der Waals surface area contributed by atoms with E-state index in [0.717, 1.165) is 17.6 Å². The van der Waals surface area contributed by atoms with E-state index in [2.05, 4.69) is 20.3 Å². The van der Waals surface area contributed by atoms with Gasteiger partial charge in [-0.3, -0.25) is 9.36 Å². The summed E-state index contributed by atoms with van der Waals surface area (Å²) in [6, 6.07) is 12.1. The number of pyridine rings is 1. The molecule has 3 aromatic heterocycles. The van der Waals surface area contributed by atoms with Crippen molar-refractivity contribution in [2.45, 2.75) is 19.5 Å². The maximum Gasteiger partial charge on any atom is 0.416 e. The normalized spacial score (nSPS) is 11.7. The van der Waals surface area contributed by atoms with Gasteiger partial charge < -0.3 is 9.88 Å². The smallest absolute Gasteiger partial charge is 0.326 e. The Hall–Kier alpha value is -4.18. The molecule has 0 saturated heterocycles. The molecule has 36 heavy (non-hydrogen) atoms. The van der Waals surface area contributed by atoms with Crippen molar-refractivity contribution in [1.29, 1.82) is 0 Å². The van der Waals surface area contributed by atoms with Crippen molar-refractivity contribution in [1.82, 2.24) is 24.1 Å².